The Balaban J connectivity index is 0.000000550. The first kappa shape index (κ1) is 15.7. The molecule has 0 aliphatic carbocycles. The Hall–Kier alpha value is -1.39. The molecule has 4 nitrogen and oxygen atoms in total. The van der Waals surface area contributed by atoms with Gasteiger partial charge in [0, 0.05) is 6.61 Å². The summed E-state index contributed by atoms with van der Waals surface area (Å²) < 4.78 is 5.30. The molecular formula is C15H23NO3. The van der Waals surface area contributed by atoms with Gasteiger partial charge in [0.05, 0.1) is 5.92 Å². The molecular weight excluding hydrogens is 242 g/mol. The van der Waals surface area contributed by atoms with E-state index in [-0.39, 0.29) is 18.5 Å². The third-order valence-electron chi connectivity index (χ3n) is 2.90. The lowest BCUT2D eigenvalue weighted by Crippen LogP contribution is -2.32. The fraction of sp³-hybridized carbons (Fsp3) is 0.533. The lowest BCUT2D eigenvalue weighted by Gasteiger charge is -2.20. The second-order valence-electron chi connectivity index (χ2n) is 4.43. The number of hydrogen-bond acceptors (Lipinski definition) is 4. The summed E-state index contributed by atoms with van der Waals surface area (Å²) in [4.78, 5) is 11.7. The van der Waals surface area contributed by atoms with Gasteiger partial charge in [0.25, 0.3) is 0 Å². The zero-order valence-electron chi connectivity index (χ0n) is 11.5. The first-order valence-electron chi connectivity index (χ1n) is 6.80. The van der Waals surface area contributed by atoms with Crippen LogP contribution in [0.25, 0.3) is 0 Å². The Labute approximate surface area is 114 Å². The minimum atomic E-state index is -0.0506. The summed E-state index contributed by atoms with van der Waals surface area (Å²) >= 11 is 0. The molecule has 19 heavy (non-hydrogen) atoms. The predicted octanol–water partition coefficient (Wildman–Crippen LogP) is 1.73. The second kappa shape index (κ2) is 9.53. The first-order chi connectivity index (χ1) is 9.27. The first-order valence-corrected chi connectivity index (χ1v) is 6.80. The van der Waals surface area contributed by atoms with Crippen LogP contribution in [0.1, 0.15) is 25.3 Å². The van der Waals surface area contributed by atoms with Crippen molar-refractivity contribution in [3.8, 4) is 0 Å². The number of carbonyl (C=O) groups is 1. The van der Waals surface area contributed by atoms with Crippen molar-refractivity contribution in [2.24, 2.45) is 5.92 Å². The number of aliphatic hydroxyl groups excluding tert-OH is 1. The normalized spacial score (nSPS) is 15.3. The molecule has 1 aromatic carbocycles. The van der Waals surface area contributed by atoms with Gasteiger partial charge in [0.15, 0.2) is 0 Å². The van der Waals surface area contributed by atoms with Crippen molar-refractivity contribution in [1.29, 1.82) is 0 Å². The van der Waals surface area contributed by atoms with Gasteiger partial charge >= 0.3 is 5.97 Å². The average Bonchev–Trinajstić information content (AvgIpc) is 2.47. The number of piperidine rings is 1. The number of esters is 1. The third kappa shape index (κ3) is 6.36. The third-order valence-corrected chi connectivity index (χ3v) is 2.90. The zero-order valence-corrected chi connectivity index (χ0v) is 11.5. The number of carbonyl (C=O) groups excluding carboxylic acids is 1. The molecule has 0 bridgehead atoms. The maximum absolute atomic E-state index is 11.7. The maximum atomic E-state index is 11.7. The van der Waals surface area contributed by atoms with Crippen LogP contribution in [-0.4, -0.2) is 30.8 Å². The van der Waals surface area contributed by atoms with E-state index in [1.807, 2.05) is 30.3 Å². The Morgan fingerprint density at radius 3 is 2.47 bits per heavy atom. The molecule has 1 aromatic rings. The van der Waals surface area contributed by atoms with Crippen molar-refractivity contribution in [2.45, 2.75) is 26.4 Å². The van der Waals surface area contributed by atoms with E-state index in [0.29, 0.717) is 6.61 Å². The van der Waals surface area contributed by atoms with Crippen molar-refractivity contribution in [3.63, 3.8) is 0 Å². The van der Waals surface area contributed by atoms with Crippen LogP contribution in [0.3, 0.4) is 0 Å². The molecule has 1 aliphatic rings. The van der Waals surface area contributed by atoms with Crippen molar-refractivity contribution < 1.29 is 14.6 Å². The highest BCUT2D eigenvalue weighted by Gasteiger charge is 2.21. The van der Waals surface area contributed by atoms with Gasteiger partial charge in [-0.3, -0.25) is 4.79 Å². The molecule has 2 N–H and O–H groups in total. The van der Waals surface area contributed by atoms with Gasteiger partial charge in [0.1, 0.15) is 6.61 Å². The molecule has 0 spiro atoms. The lowest BCUT2D eigenvalue weighted by molar-refractivity contribution is -0.150. The highest BCUT2D eigenvalue weighted by molar-refractivity contribution is 5.72. The highest BCUT2D eigenvalue weighted by atomic mass is 16.5. The van der Waals surface area contributed by atoms with Crippen molar-refractivity contribution >= 4 is 5.97 Å². The Kier molecular flexibility index (Phi) is 7.86. The number of benzene rings is 1. The van der Waals surface area contributed by atoms with Gasteiger partial charge in [-0.15, -0.1) is 0 Å². The van der Waals surface area contributed by atoms with Crippen LogP contribution in [0.4, 0.5) is 0 Å². The second-order valence-corrected chi connectivity index (χ2v) is 4.43. The van der Waals surface area contributed by atoms with Crippen LogP contribution in [0.15, 0.2) is 30.3 Å². The molecule has 1 saturated heterocycles. The molecule has 0 unspecified atom stereocenters. The Bertz CT molecular complexity index is 348. The summed E-state index contributed by atoms with van der Waals surface area (Å²) in [6.07, 6.45) is 1.79. The topological polar surface area (TPSA) is 58.6 Å². The molecule has 1 aliphatic heterocycles. The summed E-state index contributed by atoms with van der Waals surface area (Å²) in [5, 5.41) is 10.8. The van der Waals surface area contributed by atoms with E-state index in [9.17, 15) is 4.79 Å². The van der Waals surface area contributed by atoms with Crippen molar-refractivity contribution in [3.05, 3.63) is 35.9 Å². The number of hydrogen-bond donors (Lipinski definition) is 2. The summed E-state index contributed by atoms with van der Waals surface area (Å²) in [6, 6.07) is 9.80. The number of ether oxygens (including phenoxy) is 1. The van der Waals surface area contributed by atoms with E-state index in [2.05, 4.69) is 5.32 Å². The molecule has 0 amide bonds. The van der Waals surface area contributed by atoms with E-state index in [1.165, 1.54) is 0 Å². The SMILES string of the molecule is CCO.O=C(OCc1ccccc1)C1CCNCC1. The molecule has 1 heterocycles. The smallest absolute Gasteiger partial charge is 0.309 e. The largest absolute Gasteiger partial charge is 0.461 e. The molecule has 2 rings (SSSR count). The van der Waals surface area contributed by atoms with E-state index < -0.39 is 0 Å². The Morgan fingerprint density at radius 1 is 1.32 bits per heavy atom. The van der Waals surface area contributed by atoms with Gasteiger partial charge in [-0.05, 0) is 38.4 Å². The van der Waals surface area contributed by atoms with Gasteiger partial charge in [-0.1, -0.05) is 30.3 Å². The van der Waals surface area contributed by atoms with Crippen LogP contribution in [-0.2, 0) is 16.1 Å². The van der Waals surface area contributed by atoms with Crippen molar-refractivity contribution in [1.82, 2.24) is 5.32 Å². The lowest BCUT2D eigenvalue weighted by atomic mass is 9.98. The fourth-order valence-corrected chi connectivity index (χ4v) is 1.90. The van der Waals surface area contributed by atoms with Crippen LogP contribution >= 0.6 is 0 Å². The summed E-state index contributed by atoms with van der Waals surface area (Å²) in [7, 11) is 0. The van der Waals surface area contributed by atoms with Gasteiger partial charge in [-0.2, -0.15) is 0 Å². The molecule has 4 heteroatoms. The minimum absolute atomic E-state index is 0.0506. The monoisotopic (exact) mass is 265 g/mol. The van der Waals surface area contributed by atoms with Crippen LogP contribution < -0.4 is 5.32 Å². The van der Waals surface area contributed by atoms with Gasteiger partial charge in [0.2, 0.25) is 0 Å². The molecule has 0 atom stereocenters. The zero-order chi connectivity index (χ0) is 13.9. The predicted molar refractivity (Wildman–Crippen MR) is 74.6 cm³/mol. The van der Waals surface area contributed by atoms with Gasteiger partial charge < -0.3 is 15.2 Å². The summed E-state index contributed by atoms with van der Waals surface area (Å²) in [6.45, 7) is 4.17. The minimum Gasteiger partial charge on any atom is -0.461 e. The van der Waals surface area contributed by atoms with E-state index in [4.69, 9.17) is 9.84 Å². The molecule has 0 saturated carbocycles. The van der Waals surface area contributed by atoms with Crippen LogP contribution in [0.2, 0.25) is 0 Å². The number of nitrogens with one attached hydrogen (secondary N) is 1. The van der Waals surface area contributed by atoms with E-state index >= 15 is 0 Å². The molecule has 0 aromatic heterocycles. The maximum Gasteiger partial charge on any atom is 0.309 e. The fourth-order valence-electron chi connectivity index (χ4n) is 1.90. The Morgan fingerprint density at radius 2 is 1.89 bits per heavy atom. The molecule has 1 fully saturated rings. The van der Waals surface area contributed by atoms with E-state index in [0.717, 1.165) is 31.5 Å². The average molecular weight is 265 g/mol. The van der Waals surface area contributed by atoms with Gasteiger partial charge in [-0.25, -0.2) is 0 Å². The number of aliphatic hydroxyl groups is 1. The van der Waals surface area contributed by atoms with Crippen molar-refractivity contribution in [2.75, 3.05) is 19.7 Å². The summed E-state index contributed by atoms with van der Waals surface area (Å²) in [5.41, 5.74) is 1.05. The highest BCUT2D eigenvalue weighted by Crippen LogP contribution is 2.14. The van der Waals surface area contributed by atoms with E-state index in [1.54, 1.807) is 6.92 Å². The summed E-state index contributed by atoms with van der Waals surface area (Å²) in [5.74, 6) is 0.0373. The quantitative estimate of drug-likeness (QED) is 0.817. The molecule has 0 radical (unpaired) electrons. The standard InChI is InChI=1S/C13H17NO2.C2H6O/c15-13(12-6-8-14-9-7-12)16-10-11-4-2-1-3-5-11;1-2-3/h1-5,12,14H,6-10H2;3H,2H2,1H3. The molecule has 106 valence electrons. The van der Waals surface area contributed by atoms with Crippen LogP contribution in [0.5, 0.6) is 0 Å². The van der Waals surface area contributed by atoms with Crippen LogP contribution in [0, 0.1) is 5.92 Å². The number of rotatable bonds is 3.